The van der Waals surface area contributed by atoms with Gasteiger partial charge in [0, 0.05) is 24.3 Å². The van der Waals surface area contributed by atoms with Gasteiger partial charge >= 0.3 is 6.18 Å². The number of hydrogen-bond acceptors (Lipinski definition) is 3. The van der Waals surface area contributed by atoms with E-state index in [2.05, 4.69) is 15.3 Å². The Morgan fingerprint density at radius 1 is 1.19 bits per heavy atom. The molecule has 0 radical (unpaired) electrons. The zero-order chi connectivity index (χ0) is 18.7. The summed E-state index contributed by atoms with van der Waals surface area (Å²) < 4.78 is 38.7. The van der Waals surface area contributed by atoms with Crippen LogP contribution in [0.4, 0.5) is 24.5 Å². The molecule has 140 valence electrons. The lowest BCUT2D eigenvalue weighted by Crippen LogP contribution is -2.30. The largest absolute Gasteiger partial charge is 0.435 e. The predicted octanol–water partition coefficient (Wildman–Crippen LogP) is 4.18. The van der Waals surface area contributed by atoms with Gasteiger partial charge in [-0.3, -0.25) is 9.48 Å². The Hall–Kier alpha value is -2.22. The minimum Gasteiger partial charge on any atom is -0.370 e. The van der Waals surface area contributed by atoms with E-state index in [1.807, 2.05) is 6.07 Å². The fourth-order valence-corrected chi connectivity index (χ4v) is 3.13. The van der Waals surface area contributed by atoms with E-state index >= 15 is 0 Å². The molecule has 2 heterocycles. The summed E-state index contributed by atoms with van der Waals surface area (Å²) in [6, 6.07) is 6.09. The monoisotopic (exact) mass is 386 g/mol. The maximum absolute atomic E-state index is 12.6. The standard InChI is InChI=1S/C17H18ClF3N4O/c18-12-4-5-14(24-7-2-1-3-8-24)13(10-12)22-16(26)11-25-9-6-15(23-25)17(19,20)21/h4-6,9-10H,1-3,7-8,11H2,(H,22,26). The molecule has 1 fully saturated rings. The molecule has 0 spiro atoms. The molecule has 3 rings (SSSR count). The topological polar surface area (TPSA) is 50.2 Å². The summed E-state index contributed by atoms with van der Waals surface area (Å²) >= 11 is 6.04. The van der Waals surface area contributed by atoms with Crippen LogP contribution in [0.15, 0.2) is 30.5 Å². The minimum atomic E-state index is -4.53. The second kappa shape index (κ2) is 7.57. The number of benzene rings is 1. The number of nitrogens with zero attached hydrogens (tertiary/aromatic N) is 3. The van der Waals surface area contributed by atoms with Gasteiger partial charge in [0.2, 0.25) is 5.91 Å². The maximum Gasteiger partial charge on any atom is 0.435 e. The number of alkyl halides is 3. The smallest absolute Gasteiger partial charge is 0.370 e. The van der Waals surface area contributed by atoms with Crippen LogP contribution >= 0.6 is 11.6 Å². The molecule has 1 saturated heterocycles. The van der Waals surface area contributed by atoms with E-state index in [1.54, 1.807) is 12.1 Å². The average Bonchev–Trinajstić information content (AvgIpc) is 3.04. The summed E-state index contributed by atoms with van der Waals surface area (Å²) in [5.41, 5.74) is 0.383. The van der Waals surface area contributed by atoms with Crippen LogP contribution in [0.25, 0.3) is 0 Å². The van der Waals surface area contributed by atoms with Crippen molar-refractivity contribution in [2.45, 2.75) is 32.0 Å². The van der Waals surface area contributed by atoms with E-state index in [-0.39, 0.29) is 6.54 Å². The first-order chi connectivity index (χ1) is 12.3. The lowest BCUT2D eigenvalue weighted by Gasteiger charge is -2.30. The van der Waals surface area contributed by atoms with Gasteiger partial charge in [-0.2, -0.15) is 18.3 Å². The van der Waals surface area contributed by atoms with Crippen molar-refractivity contribution in [2.75, 3.05) is 23.3 Å². The molecule has 0 saturated carbocycles. The molecule has 1 aliphatic heterocycles. The van der Waals surface area contributed by atoms with E-state index in [1.165, 1.54) is 6.42 Å². The highest BCUT2D eigenvalue weighted by Crippen LogP contribution is 2.31. The molecule has 1 N–H and O–H groups in total. The van der Waals surface area contributed by atoms with Crippen LogP contribution in [0, 0.1) is 0 Å². The Balaban J connectivity index is 1.72. The molecular weight excluding hydrogens is 369 g/mol. The third kappa shape index (κ3) is 4.49. The molecule has 0 bridgehead atoms. The predicted molar refractivity (Wildman–Crippen MR) is 93.4 cm³/mol. The third-order valence-corrected chi connectivity index (χ3v) is 4.40. The summed E-state index contributed by atoms with van der Waals surface area (Å²) in [6.07, 6.45) is -0.0817. The van der Waals surface area contributed by atoms with Gasteiger partial charge in [-0.15, -0.1) is 0 Å². The van der Waals surface area contributed by atoms with E-state index in [4.69, 9.17) is 11.6 Å². The molecule has 1 amide bonds. The number of nitrogens with one attached hydrogen (secondary N) is 1. The molecular formula is C17H18ClF3N4O. The van der Waals surface area contributed by atoms with Crippen LogP contribution in [0.2, 0.25) is 5.02 Å². The van der Waals surface area contributed by atoms with E-state index in [0.717, 1.165) is 48.6 Å². The van der Waals surface area contributed by atoms with Crippen molar-refractivity contribution >= 4 is 28.9 Å². The molecule has 2 aromatic rings. The fraction of sp³-hybridized carbons (Fsp3) is 0.412. The SMILES string of the molecule is O=C(Cn1ccc(C(F)(F)F)n1)Nc1cc(Cl)ccc1N1CCCCC1. The molecule has 0 aliphatic carbocycles. The van der Waals surface area contributed by atoms with Gasteiger partial charge in [0.1, 0.15) is 6.54 Å². The van der Waals surface area contributed by atoms with Gasteiger partial charge in [-0.25, -0.2) is 0 Å². The van der Waals surface area contributed by atoms with Crippen molar-refractivity contribution in [3.05, 3.63) is 41.2 Å². The number of hydrogen-bond donors (Lipinski definition) is 1. The highest BCUT2D eigenvalue weighted by atomic mass is 35.5. The minimum absolute atomic E-state index is 0.317. The second-order valence-electron chi connectivity index (χ2n) is 6.15. The number of carbonyl (C=O) groups is 1. The Morgan fingerprint density at radius 3 is 2.58 bits per heavy atom. The molecule has 1 aliphatic rings. The Bertz CT molecular complexity index is 785. The zero-order valence-electron chi connectivity index (χ0n) is 13.9. The van der Waals surface area contributed by atoms with Crippen LogP contribution in [-0.2, 0) is 17.5 Å². The molecule has 1 aromatic carbocycles. The number of rotatable bonds is 4. The lowest BCUT2D eigenvalue weighted by atomic mass is 10.1. The summed E-state index contributed by atoms with van der Waals surface area (Å²) in [5.74, 6) is -0.470. The molecule has 9 heteroatoms. The summed E-state index contributed by atoms with van der Waals surface area (Å²) in [6.45, 7) is 1.46. The highest BCUT2D eigenvalue weighted by molar-refractivity contribution is 6.31. The van der Waals surface area contributed by atoms with Gasteiger partial charge < -0.3 is 10.2 Å². The van der Waals surface area contributed by atoms with E-state index < -0.39 is 17.8 Å². The molecule has 26 heavy (non-hydrogen) atoms. The summed E-state index contributed by atoms with van der Waals surface area (Å²) in [4.78, 5) is 14.4. The van der Waals surface area contributed by atoms with Crippen molar-refractivity contribution < 1.29 is 18.0 Å². The zero-order valence-corrected chi connectivity index (χ0v) is 14.6. The van der Waals surface area contributed by atoms with E-state index in [0.29, 0.717) is 10.7 Å². The quantitative estimate of drug-likeness (QED) is 0.857. The van der Waals surface area contributed by atoms with Crippen molar-refractivity contribution in [1.29, 1.82) is 0 Å². The second-order valence-corrected chi connectivity index (χ2v) is 6.59. The van der Waals surface area contributed by atoms with Gasteiger partial charge in [-0.05, 0) is 43.5 Å². The lowest BCUT2D eigenvalue weighted by molar-refractivity contribution is -0.141. The highest BCUT2D eigenvalue weighted by Gasteiger charge is 2.33. The molecule has 5 nitrogen and oxygen atoms in total. The van der Waals surface area contributed by atoms with Crippen LogP contribution in [0.5, 0.6) is 0 Å². The van der Waals surface area contributed by atoms with Gasteiger partial charge in [-0.1, -0.05) is 11.6 Å². The number of piperidine rings is 1. The third-order valence-electron chi connectivity index (χ3n) is 4.17. The van der Waals surface area contributed by atoms with Crippen LogP contribution in [-0.4, -0.2) is 28.8 Å². The van der Waals surface area contributed by atoms with Crippen molar-refractivity contribution in [2.24, 2.45) is 0 Å². The molecule has 0 unspecified atom stereocenters. The van der Waals surface area contributed by atoms with Crippen molar-refractivity contribution in [3.8, 4) is 0 Å². The Morgan fingerprint density at radius 2 is 1.92 bits per heavy atom. The van der Waals surface area contributed by atoms with Crippen LogP contribution < -0.4 is 10.2 Å². The maximum atomic E-state index is 12.6. The van der Waals surface area contributed by atoms with Crippen molar-refractivity contribution in [1.82, 2.24) is 9.78 Å². The van der Waals surface area contributed by atoms with Crippen molar-refractivity contribution in [3.63, 3.8) is 0 Å². The number of anilines is 2. The first-order valence-electron chi connectivity index (χ1n) is 8.28. The normalized spacial score (nSPS) is 15.2. The van der Waals surface area contributed by atoms with Gasteiger partial charge in [0.15, 0.2) is 5.69 Å². The van der Waals surface area contributed by atoms with Gasteiger partial charge in [0.05, 0.1) is 11.4 Å². The van der Waals surface area contributed by atoms with E-state index in [9.17, 15) is 18.0 Å². The summed E-state index contributed by atoms with van der Waals surface area (Å²) in [5, 5.41) is 6.60. The first kappa shape index (κ1) is 18.6. The number of aromatic nitrogens is 2. The number of halogens is 4. The van der Waals surface area contributed by atoms with Gasteiger partial charge in [0.25, 0.3) is 0 Å². The fourth-order valence-electron chi connectivity index (χ4n) is 2.96. The Labute approximate surface area is 153 Å². The first-order valence-corrected chi connectivity index (χ1v) is 8.66. The number of amides is 1. The number of carbonyl (C=O) groups excluding carboxylic acids is 1. The van der Waals surface area contributed by atoms with Crippen LogP contribution in [0.3, 0.4) is 0 Å². The molecule has 1 aromatic heterocycles. The summed E-state index contributed by atoms with van der Waals surface area (Å²) in [7, 11) is 0. The average molecular weight is 387 g/mol. The van der Waals surface area contributed by atoms with Crippen LogP contribution in [0.1, 0.15) is 25.0 Å². The Kier molecular flexibility index (Phi) is 5.41. The molecule has 0 atom stereocenters.